The van der Waals surface area contributed by atoms with E-state index >= 15 is 0 Å². The summed E-state index contributed by atoms with van der Waals surface area (Å²) in [5.41, 5.74) is 0.565. The van der Waals surface area contributed by atoms with Crippen LogP contribution in [0.25, 0.3) is 10.9 Å². The van der Waals surface area contributed by atoms with Crippen LogP contribution < -0.4 is 0 Å². The molecule has 0 amide bonds. The summed E-state index contributed by atoms with van der Waals surface area (Å²) >= 11 is 0. The number of esters is 3. The zero-order chi connectivity index (χ0) is 52.0. The van der Waals surface area contributed by atoms with Crippen LogP contribution >= 0.6 is 0 Å². The number of aryl methyl sites for hydroxylation is 1. The van der Waals surface area contributed by atoms with Crippen molar-refractivity contribution in [2.75, 3.05) is 41.3 Å². The highest BCUT2D eigenvalue weighted by Gasteiger charge is 2.53. The quantitative estimate of drug-likeness (QED) is 0.0829. The first-order valence-electron chi connectivity index (χ1n) is 25.7. The molecule has 2 aromatic rings. The molecule has 0 spiro atoms. The molecule has 16 atom stereocenters. The smallest absolute Gasteiger partial charge is 0.309 e. The molecule has 5 rings (SSSR count). The zero-order valence-corrected chi connectivity index (χ0v) is 43.7. The number of hydrogen-bond acceptors (Lipinski definition) is 18. The van der Waals surface area contributed by atoms with Gasteiger partial charge in [-0.3, -0.25) is 19.4 Å². The number of aromatic nitrogens is 1. The number of benzene rings is 1. The van der Waals surface area contributed by atoms with Crippen LogP contribution in [0.5, 0.6) is 0 Å². The predicted octanol–water partition coefficient (Wildman–Crippen LogP) is 4.92. The standard InChI is InChI=1S/C53H83N3O15/c1-11-42(59)68-41-28-44(61)67-38(20-15-13-18-35-27-36-19-14-16-22-39(36)54-30-35)21-17-24-56(9)31-40(58)32(3)26-37(23-25-57)49(50(41)64-10)71-52-47(62)46(55(7)8)48(33(4)66-52)70-45-29-53(6,63)51(34(5)65-45)69-43(60)12-2/h14,16,19,22,25,27,30,32-34,37-38,40-41,45-52,58,62-63H,11-13,15,17-18,20-21,23-24,26,28-29,31H2,1-10H3/t32-,33?,34?,37+,38+,40+,41-,45+,46?,47?,48+,49+,50+,51+,52+,53?/m1/s1. The van der Waals surface area contributed by atoms with Crippen LogP contribution in [0.3, 0.4) is 0 Å². The van der Waals surface area contributed by atoms with Gasteiger partial charge in [-0.1, -0.05) is 39.0 Å². The van der Waals surface area contributed by atoms with Gasteiger partial charge in [-0.2, -0.15) is 0 Å². The molecule has 71 heavy (non-hydrogen) atoms. The number of β-amino-alcohol motifs (C(OH)–C–C–N with tert-alkyl or cyclic N) is 1. The van der Waals surface area contributed by atoms with E-state index in [4.69, 9.17) is 37.9 Å². The summed E-state index contributed by atoms with van der Waals surface area (Å²) in [4.78, 5) is 60.6. The largest absolute Gasteiger partial charge is 0.462 e. The molecule has 0 radical (unpaired) electrons. The van der Waals surface area contributed by atoms with Crippen molar-refractivity contribution in [3.05, 3.63) is 42.1 Å². The number of carbonyl (C=O) groups excluding carboxylic acids is 4. The van der Waals surface area contributed by atoms with Gasteiger partial charge in [-0.15, -0.1) is 0 Å². The van der Waals surface area contributed by atoms with Crippen LogP contribution in [0.2, 0.25) is 0 Å². The van der Waals surface area contributed by atoms with Crippen molar-refractivity contribution in [2.24, 2.45) is 11.8 Å². The number of likely N-dealkylation sites (N-methyl/N-ethyl adjacent to an activating group) is 2. The second-order valence-corrected chi connectivity index (χ2v) is 20.5. The van der Waals surface area contributed by atoms with E-state index in [-0.39, 0.29) is 38.0 Å². The lowest BCUT2D eigenvalue weighted by Crippen LogP contribution is -2.66. The third-order valence-corrected chi connectivity index (χ3v) is 14.4. The number of cyclic esters (lactones) is 1. The molecule has 18 heteroatoms. The van der Waals surface area contributed by atoms with Gasteiger partial charge in [-0.05, 0) is 123 Å². The molecule has 3 fully saturated rings. The Labute approximate surface area is 420 Å². The molecule has 400 valence electrons. The van der Waals surface area contributed by atoms with Crippen molar-refractivity contribution in [1.82, 2.24) is 14.8 Å². The molecule has 3 aliphatic rings. The highest BCUT2D eigenvalue weighted by Crippen LogP contribution is 2.38. The lowest BCUT2D eigenvalue weighted by atomic mass is 9.82. The fraction of sp³-hybridized carbons (Fsp3) is 0.755. The van der Waals surface area contributed by atoms with E-state index in [1.807, 2.05) is 49.3 Å². The van der Waals surface area contributed by atoms with Gasteiger partial charge in [0.1, 0.15) is 42.4 Å². The Morgan fingerprint density at radius 3 is 2.38 bits per heavy atom. The summed E-state index contributed by atoms with van der Waals surface area (Å²) in [6.45, 7) is 11.2. The Balaban J connectivity index is 1.40. The molecule has 4 heterocycles. The number of aliphatic hydroxyl groups is 3. The summed E-state index contributed by atoms with van der Waals surface area (Å²) in [5.74, 6) is -2.73. The van der Waals surface area contributed by atoms with E-state index in [0.717, 1.165) is 42.0 Å². The fourth-order valence-electron chi connectivity index (χ4n) is 10.4. The van der Waals surface area contributed by atoms with Crippen LogP contribution in [-0.2, 0) is 63.5 Å². The number of rotatable bonds is 17. The second kappa shape index (κ2) is 27.6. The molecule has 1 aromatic carbocycles. The number of ether oxygens (including phenoxy) is 8. The van der Waals surface area contributed by atoms with Gasteiger partial charge in [0.15, 0.2) is 18.7 Å². The highest BCUT2D eigenvalue weighted by atomic mass is 16.7. The molecular weight excluding hydrogens is 919 g/mol. The minimum Gasteiger partial charge on any atom is -0.462 e. The van der Waals surface area contributed by atoms with E-state index in [1.54, 1.807) is 53.6 Å². The fourth-order valence-corrected chi connectivity index (χ4v) is 10.4. The normalized spacial score (nSPS) is 35.2. The number of nitrogens with zero attached hydrogens (tertiary/aromatic N) is 3. The number of fused-ring (bicyclic) bond motifs is 1. The molecule has 0 saturated carbocycles. The lowest BCUT2D eigenvalue weighted by Gasteiger charge is -2.50. The first-order chi connectivity index (χ1) is 33.8. The summed E-state index contributed by atoms with van der Waals surface area (Å²) in [6, 6.07) is 9.36. The molecular formula is C53H83N3O15. The van der Waals surface area contributed by atoms with Crippen molar-refractivity contribution in [3.63, 3.8) is 0 Å². The van der Waals surface area contributed by atoms with E-state index in [0.29, 0.717) is 32.4 Å². The van der Waals surface area contributed by atoms with Crippen molar-refractivity contribution in [1.29, 1.82) is 0 Å². The van der Waals surface area contributed by atoms with Crippen LogP contribution in [0.4, 0.5) is 0 Å². The Morgan fingerprint density at radius 2 is 1.70 bits per heavy atom. The highest BCUT2D eigenvalue weighted by molar-refractivity contribution is 5.78. The number of unbranched alkanes of at least 4 members (excludes halogenated alkanes) is 1. The summed E-state index contributed by atoms with van der Waals surface area (Å²) < 4.78 is 50.0. The van der Waals surface area contributed by atoms with Gasteiger partial charge in [0.25, 0.3) is 0 Å². The number of carbonyl (C=O) groups is 4. The van der Waals surface area contributed by atoms with E-state index in [2.05, 4.69) is 11.1 Å². The Kier molecular flexibility index (Phi) is 22.6. The molecule has 3 saturated heterocycles. The second-order valence-electron chi connectivity index (χ2n) is 20.5. The molecule has 0 bridgehead atoms. The number of pyridine rings is 1. The first-order valence-corrected chi connectivity index (χ1v) is 25.7. The summed E-state index contributed by atoms with van der Waals surface area (Å²) in [6.07, 6.45) is -5.04. The topological polar surface area (TPSA) is 222 Å². The van der Waals surface area contributed by atoms with Crippen LogP contribution in [0, 0.1) is 11.8 Å². The Bertz CT molecular complexity index is 1990. The maximum atomic E-state index is 14.2. The minimum atomic E-state index is -1.50. The lowest BCUT2D eigenvalue weighted by molar-refractivity contribution is -0.344. The first kappa shape index (κ1) is 58.2. The van der Waals surface area contributed by atoms with Crippen molar-refractivity contribution < 1.29 is 72.4 Å². The maximum Gasteiger partial charge on any atom is 0.309 e. The molecule has 0 aliphatic carbocycles. The minimum absolute atomic E-state index is 0.00526. The number of hydrogen-bond donors (Lipinski definition) is 3. The number of aldehydes is 1. The van der Waals surface area contributed by atoms with Crippen molar-refractivity contribution in [2.45, 2.75) is 204 Å². The molecule has 1 aromatic heterocycles. The SMILES string of the molecule is CCC(=O)O[C@@H]1CC(=O)O[C@@H](CCCCc2cnc3ccccc3c2)CCCN(C)C[C@H](O)[C@H](C)C[C@H](CC=O)[C@H](O[C@@H]2OC(C)[C@H](O[C@H]3CC(C)(O)[C@@H](OC(=O)CC)C(C)O3)C(N(C)C)C2O)[C@H]1OC. The molecule has 18 nitrogen and oxygen atoms in total. The number of aliphatic hydroxyl groups excluding tert-OH is 2. The van der Waals surface area contributed by atoms with Crippen molar-refractivity contribution >= 4 is 35.1 Å². The average molecular weight is 1000 g/mol. The molecule has 5 unspecified atom stereocenters. The third-order valence-electron chi connectivity index (χ3n) is 14.4. The number of methoxy groups -OCH3 is 1. The average Bonchev–Trinajstić information content (AvgIpc) is 3.31. The van der Waals surface area contributed by atoms with Gasteiger partial charge in [0.2, 0.25) is 0 Å². The van der Waals surface area contributed by atoms with Crippen LogP contribution in [-0.4, -0.2) is 181 Å². The third kappa shape index (κ3) is 16.4. The van der Waals surface area contributed by atoms with E-state index in [1.165, 1.54) is 7.11 Å². The van der Waals surface area contributed by atoms with Gasteiger partial charge in [-0.25, -0.2) is 0 Å². The van der Waals surface area contributed by atoms with Crippen LogP contribution in [0.1, 0.15) is 118 Å². The van der Waals surface area contributed by atoms with Gasteiger partial charge < -0.3 is 67.8 Å². The molecule has 3 N–H and O–H groups in total. The Hall–Kier alpha value is -3.69. The van der Waals surface area contributed by atoms with Gasteiger partial charge >= 0.3 is 17.9 Å². The van der Waals surface area contributed by atoms with Gasteiger partial charge in [0, 0.05) is 50.9 Å². The summed E-state index contributed by atoms with van der Waals surface area (Å²) in [7, 11) is 6.87. The zero-order valence-electron chi connectivity index (χ0n) is 43.7. The molecule has 3 aliphatic heterocycles. The van der Waals surface area contributed by atoms with Crippen molar-refractivity contribution in [3.8, 4) is 0 Å². The van der Waals surface area contributed by atoms with Gasteiger partial charge in [0.05, 0.1) is 42.4 Å². The summed E-state index contributed by atoms with van der Waals surface area (Å²) in [5, 5.41) is 36.5. The number of para-hydroxylation sites is 1. The van der Waals surface area contributed by atoms with E-state index in [9.17, 15) is 34.5 Å². The van der Waals surface area contributed by atoms with Crippen LogP contribution in [0.15, 0.2) is 36.5 Å². The maximum absolute atomic E-state index is 14.2. The predicted molar refractivity (Wildman–Crippen MR) is 263 cm³/mol. The van der Waals surface area contributed by atoms with E-state index < -0.39 is 116 Å². The Morgan fingerprint density at radius 1 is 0.986 bits per heavy atom. The monoisotopic (exact) mass is 1000 g/mol.